The summed E-state index contributed by atoms with van der Waals surface area (Å²) in [6.45, 7) is 1.65. The van der Waals surface area contributed by atoms with Crippen LogP contribution in [0.1, 0.15) is 37.7 Å². The van der Waals surface area contributed by atoms with Gasteiger partial charge in [-0.3, -0.25) is 4.79 Å². The van der Waals surface area contributed by atoms with E-state index in [1.165, 1.54) is 18.6 Å². The van der Waals surface area contributed by atoms with Crippen LogP contribution in [0.3, 0.4) is 0 Å². The molecule has 3 fully saturated rings. The van der Waals surface area contributed by atoms with Gasteiger partial charge in [-0.15, -0.1) is 0 Å². The molecule has 1 saturated heterocycles. The Morgan fingerprint density at radius 3 is 2.38 bits per heavy atom. The van der Waals surface area contributed by atoms with Crippen molar-refractivity contribution in [1.82, 2.24) is 4.98 Å². The van der Waals surface area contributed by atoms with Crippen LogP contribution >= 0.6 is 0 Å². The molecule has 2 N–H and O–H groups in total. The van der Waals surface area contributed by atoms with E-state index in [0.717, 1.165) is 73.4 Å². The summed E-state index contributed by atoms with van der Waals surface area (Å²) in [5.41, 5.74) is 1.57. The second-order valence-electron chi connectivity index (χ2n) is 9.53. The van der Waals surface area contributed by atoms with Gasteiger partial charge in [-0.05, 0) is 50.3 Å². The molecule has 1 aromatic heterocycles. The molecule has 2 heterocycles. The molecule has 0 atom stereocenters. The molecule has 5 nitrogen and oxygen atoms in total. The first-order valence-electron chi connectivity index (χ1n) is 11.6. The largest absolute Gasteiger partial charge is 0.490 e. The Kier molecular flexibility index (Phi) is 6.02. The monoisotopic (exact) mass is 472 g/mol. The van der Waals surface area contributed by atoms with E-state index in [1.807, 2.05) is 24.4 Å². The fourth-order valence-electron chi connectivity index (χ4n) is 4.62. The molecule has 3 aliphatic rings. The van der Waals surface area contributed by atoms with Gasteiger partial charge in [0.05, 0.1) is 30.6 Å². The molecule has 2 aliphatic carbocycles. The van der Waals surface area contributed by atoms with Gasteiger partial charge in [0.1, 0.15) is 5.75 Å². The number of alkyl halides is 3. The van der Waals surface area contributed by atoms with Gasteiger partial charge in [-0.2, -0.15) is 13.2 Å². The van der Waals surface area contributed by atoms with Crippen molar-refractivity contribution in [2.24, 2.45) is 11.3 Å². The number of aromatic amines is 1. The Morgan fingerprint density at radius 1 is 1.09 bits per heavy atom. The van der Waals surface area contributed by atoms with Crippen LogP contribution in [0.5, 0.6) is 5.75 Å². The number of carbonyl (C=O) groups excluding carboxylic acids is 1. The van der Waals surface area contributed by atoms with Gasteiger partial charge < -0.3 is 19.8 Å². The van der Waals surface area contributed by atoms with Crippen LogP contribution in [0.15, 0.2) is 54.7 Å². The fourth-order valence-corrected chi connectivity index (χ4v) is 4.62. The van der Waals surface area contributed by atoms with Gasteiger partial charge in [0.2, 0.25) is 5.91 Å². The lowest BCUT2D eigenvalue weighted by molar-refractivity contribution is -0.181. The average molecular weight is 473 g/mol. The summed E-state index contributed by atoms with van der Waals surface area (Å²) in [6, 6.07) is 12.4. The Labute approximate surface area is 195 Å². The summed E-state index contributed by atoms with van der Waals surface area (Å²) in [4.78, 5) is 15.7. The average Bonchev–Trinajstić information content (AvgIpc) is 3.11. The molecule has 2 aromatic carbocycles. The predicted molar refractivity (Wildman–Crippen MR) is 123 cm³/mol. The summed E-state index contributed by atoms with van der Waals surface area (Å²) in [5, 5.41) is 4.11. The van der Waals surface area contributed by atoms with Crippen molar-refractivity contribution < 1.29 is 27.4 Å². The number of hydrogen-bond donors (Lipinski definition) is 2. The lowest BCUT2D eigenvalue weighted by atomic mass is 9.60. The van der Waals surface area contributed by atoms with Crippen molar-refractivity contribution in [3.05, 3.63) is 60.3 Å². The van der Waals surface area contributed by atoms with Gasteiger partial charge in [0.15, 0.2) is 0 Å². The van der Waals surface area contributed by atoms with Crippen LogP contribution in [0, 0.1) is 11.3 Å². The molecule has 8 heteroatoms. The number of anilines is 1. The molecule has 34 heavy (non-hydrogen) atoms. The van der Waals surface area contributed by atoms with E-state index in [9.17, 15) is 18.0 Å². The first-order valence-corrected chi connectivity index (χ1v) is 11.6. The highest BCUT2D eigenvalue weighted by molar-refractivity contribution is 6.03. The quantitative estimate of drug-likeness (QED) is 0.477. The van der Waals surface area contributed by atoms with Crippen LogP contribution in [0.25, 0.3) is 10.9 Å². The molecular weight excluding hydrogens is 445 g/mol. The fraction of sp³-hybridized carbons (Fsp3) is 0.423. The van der Waals surface area contributed by atoms with Crippen LogP contribution < -0.4 is 10.1 Å². The molecule has 2 saturated carbocycles. The van der Waals surface area contributed by atoms with E-state index in [4.69, 9.17) is 9.47 Å². The van der Waals surface area contributed by atoms with Gasteiger partial charge >= 0.3 is 6.18 Å². The van der Waals surface area contributed by atoms with E-state index >= 15 is 0 Å². The number of H-pyrrole nitrogens is 1. The zero-order chi connectivity index (χ0) is 23.8. The highest BCUT2D eigenvalue weighted by Crippen LogP contribution is 2.51. The SMILES string of the molecule is FC(F)(F)c1ccccc1.O=C(Nc1c[nH]c2ccc(OC3CCC3)cc12)C1CC2(COC2)C1. The minimum absolute atomic E-state index is 0.119. The smallest absolute Gasteiger partial charge is 0.416 e. The maximum Gasteiger partial charge on any atom is 0.416 e. The van der Waals surface area contributed by atoms with Crippen LogP contribution in [0.2, 0.25) is 0 Å². The Hall–Kier alpha value is -3.00. The first kappa shape index (κ1) is 22.8. The van der Waals surface area contributed by atoms with E-state index in [1.54, 1.807) is 6.07 Å². The van der Waals surface area contributed by atoms with Gasteiger partial charge in [-0.1, -0.05) is 30.3 Å². The number of hydrogen-bond acceptors (Lipinski definition) is 3. The van der Waals surface area contributed by atoms with Gasteiger partial charge in [0, 0.05) is 28.4 Å². The molecule has 1 spiro atoms. The predicted octanol–water partition coefficient (Wildman–Crippen LogP) is 6.17. The maximum absolute atomic E-state index is 12.5. The number of aromatic nitrogens is 1. The van der Waals surface area contributed by atoms with E-state index in [0.29, 0.717) is 11.5 Å². The standard InChI is InChI=1S/C19H22N2O3.C7H5F3/c22-18(12-7-19(8-12)10-23-11-19)21-17-9-20-16-5-4-14(6-15(16)17)24-13-2-1-3-13;8-7(9,10)6-4-2-1-3-5-6/h4-6,9,12-13,20H,1-3,7-8,10-11H2,(H,21,22);1-5H. The van der Waals surface area contributed by atoms with E-state index < -0.39 is 11.7 Å². The van der Waals surface area contributed by atoms with Crippen molar-refractivity contribution in [2.75, 3.05) is 18.5 Å². The third-order valence-electron chi connectivity index (χ3n) is 6.91. The molecule has 0 radical (unpaired) electrons. The minimum Gasteiger partial charge on any atom is -0.490 e. The molecule has 0 bridgehead atoms. The van der Waals surface area contributed by atoms with Crippen molar-refractivity contribution >= 4 is 22.5 Å². The number of ether oxygens (including phenoxy) is 2. The number of halogens is 3. The van der Waals surface area contributed by atoms with Crippen LogP contribution in [0.4, 0.5) is 18.9 Å². The summed E-state index contributed by atoms with van der Waals surface area (Å²) >= 11 is 0. The zero-order valence-corrected chi connectivity index (χ0v) is 18.7. The highest BCUT2D eigenvalue weighted by Gasteiger charge is 2.52. The molecule has 0 unspecified atom stereocenters. The number of fused-ring (bicyclic) bond motifs is 1. The van der Waals surface area contributed by atoms with Crippen molar-refractivity contribution in [1.29, 1.82) is 0 Å². The molecular formula is C26H27F3N2O3. The number of amides is 1. The number of nitrogens with one attached hydrogen (secondary N) is 2. The second-order valence-corrected chi connectivity index (χ2v) is 9.53. The lowest BCUT2D eigenvalue weighted by Gasteiger charge is -2.52. The van der Waals surface area contributed by atoms with E-state index in [-0.39, 0.29) is 11.8 Å². The molecule has 6 rings (SSSR count). The van der Waals surface area contributed by atoms with Crippen molar-refractivity contribution in [3.8, 4) is 5.75 Å². The Morgan fingerprint density at radius 2 is 1.82 bits per heavy atom. The summed E-state index contributed by atoms with van der Waals surface area (Å²) in [5.74, 6) is 1.13. The summed E-state index contributed by atoms with van der Waals surface area (Å²) in [7, 11) is 0. The Balaban J connectivity index is 0.000000204. The van der Waals surface area contributed by atoms with Crippen molar-refractivity contribution in [2.45, 2.75) is 44.4 Å². The third-order valence-corrected chi connectivity index (χ3v) is 6.91. The number of rotatable bonds is 4. The van der Waals surface area contributed by atoms with Gasteiger partial charge in [-0.25, -0.2) is 0 Å². The highest BCUT2D eigenvalue weighted by atomic mass is 19.4. The lowest BCUT2D eigenvalue weighted by Crippen LogP contribution is -2.54. The summed E-state index contributed by atoms with van der Waals surface area (Å²) < 4.78 is 46.6. The van der Waals surface area contributed by atoms with Gasteiger partial charge in [0.25, 0.3) is 0 Å². The molecule has 1 amide bonds. The van der Waals surface area contributed by atoms with Crippen molar-refractivity contribution in [3.63, 3.8) is 0 Å². The second kappa shape index (κ2) is 8.98. The number of benzene rings is 2. The normalized spacial score (nSPS) is 19.4. The summed E-state index contributed by atoms with van der Waals surface area (Å²) in [6.07, 6.45) is 3.47. The maximum atomic E-state index is 12.5. The molecule has 3 aromatic rings. The molecule has 1 aliphatic heterocycles. The minimum atomic E-state index is -4.21. The number of carbonyl (C=O) groups is 1. The van der Waals surface area contributed by atoms with Crippen LogP contribution in [-0.2, 0) is 15.7 Å². The zero-order valence-electron chi connectivity index (χ0n) is 18.7. The molecule has 180 valence electrons. The topological polar surface area (TPSA) is 63.4 Å². The first-order chi connectivity index (χ1) is 16.3. The third kappa shape index (κ3) is 4.78. The Bertz CT molecular complexity index is 1140. The van der Waals surface area contributed by atoms with Crippen LogP contribution in [-0.4, -0.2) is 30.2 Å². The van der Waals surface area contributed by atoms with E-state index in [2.05, 4.69) is 10.3 Å².